The highest BCUT2D eigenvalue weighted by molar-refractivity contribution is 5.76. The first kappa shape index (κ1) is 96.2. The van der Waals surface area contributed by atoms with Gasteiger partial charge in [-0.2, -0.15) is 0 Å². The van der Waals surface area contributed by atoms with E-state index in [4.69, 9.17) is 18.9 Å². The highest BCUT2D eigenvalue weighted by Crippen LogP contribution is 2.30. The number of nitrogens with one attached hydrogen (secondary N) is 1. The molecule has 0 aromatic carbocycles. The molecule has 0 radical (unpaired) electrons. The summed E-state index contributed by atoms with van der Waals surface area (Å²) in [6.07, 6.45) is 91.1. The zero-order valence-electron chi connectivity index (χ0n) is 65.7. The quantitative estimate of drug-likeness (QED) is 0.0204. The number of hydrogen-bond donors (Lipinski definition) is 9. The van der Waals surface area contributed by atoms with Crippen LogP contribution in [0.3, 0.4) is 0 Å². The van der Waals surface area contributed by atoms with Crippen molar-refractivity contribution in [2.45, 2.75) is 408 Å². The molecule has 2 heterocycles. The largest absolute Gasteiger partial charge is 0.394 e. The Morgan fingerprint density at radius 1 is 0.356 bits per heavy atom. The van der Waals surface area contributed by atoms with Crippen LogP contribution in [0.15, 0.2) is 134 Å². The number of carbonyl (C=O) groups is 1. The minimum Gasteiger partial charge on any atom is -0.394 e. The molecule has 14 heteroatoms. The van der Waals surface area contributed by atoms with Crippen LogP contribution in [0.25, 0.3) is 0 Å². The van der Waals surface area contributed by atoms with Crippen molar-refractivity contribution in [3.8, 4) is 0 Å². The SMILES string of the molecule is CC/C=C\C/C=C\C/C=C\C/C=C\C/C=C\C/C=C\C/C=C\C/C=C\CCCCCCCCCCCCCCCCCCC(=O)NC(COC1OC(CO)C(OC2OC(CO)C(O)C(O)C2O)C(O)C1O)C(O)/C=C/CC/C=C/CC/C=C/CCCCCCCCCCCCCCCCCCCCC. The van der Waals surface area contributed by atoms with E-state index >= 15 is 0 Å². The lowest BCUT2D eigenvalue weighted by Gasteiger charge is -2.46. The smallest absolute Gasteiger partial charge is 0.220 e. The van der Waals surface area contributed by atoms with Gasteiger partial charge in [0.1, 0.15) is 48.8 Å². The summed E-state index contributed by atoms with van der Waals surface area (Å²) in [6, 6.07) is -0.947. The van der Waals surface area contributed by atoms with Crippen molar-refractivity contribution in [3.63, 3.8) is 0 Å². The Bertz CT molecular complexity index is 2270. The van der Waals surface area contributed by atoms with Crippen molar-refractivity contribution in [1.29, 1.82) is 0 Å². The van der Waals surface area contributed by atoms with Crippen molar-refractivity contribution in [2.24, 2.45) is 0 Å². The lowest BCUT2D eigenvalue weighted by Crippen LogP contribution is -2.65. The summed E-state index contributed by atoms with van der Waals surface area (Å²) in [7, 11) is 0. The number of amides is 1. The molecule has 2 aliphatic heterocycles. The molecule has 2 fully saturated rings. The first-order valence-corrected chi connectivity index (χ1v) is 42.4. The molecule has 9 N–H and O–H groups in total. The van der Waals surface area contributed by atoms with Crippen LogP contribution in [0, 0.1) is 0 Å². The number of unbranched alkanes of at least 4 members (excludes halogenated alkanes) is 37. The van der Waals surface area contributed by atoms with Gasteiger partial charge in [0.15, 0.2) is 12.6 Å². The van der Waals surface area contributed by atoms with Crippen molar-refractivity contribution < 1.29 is 64.6 Å². The van der Waals surface area contributed by atoms with Crippen molar-refractivity contribution >= 4 is 5.91 Å². The maximum atomic E-state index is 13.4. The minimum absolute atomic E-state index is 0.254. The fourth-order valence-corrected chi connectivity index (χ4v) is 13.2. The van der Waals surface area contributed by atoms with Crippen molar-refractivity contribution in [1.82, 2.24) is 5.32 Å². The molecule has 0 aromatic heterocycles. The van der Waals surface area contributed by atoms with E-state index in [2.05, 4.69) is 141 Å². The second-order valence-electron chi connectivity index (χ2n) is 29.2. The predicted octanol–water partition coefficient (Wildman–Crippen LogP) is 20.1. The summed E-state index contributed by atoms with van der Waals surface area (Å²) >= 11 is 0. The first-order chi connectivity index (χ1) is 51.1. The third-order valence-electron chi connectivity index (χ3n) is 19.8. The van der Waals surface area contributed by atoms with E-state index in [0.29, 0.717) is 12.8 Å². The highest BCUT2D eigenvalue weighted by atomic mass is 16.7. The molecular formula is C90H155NO13. The molecule has 0 bridgehead atoms. The molecule has 0 spiro atoms. The molecule has 0 saturated carbocycles. The Hall–Kier alpha value is -3.87. The van der Waals surface area contributed by atoms with E-state index in [1.807, 2.05) is 6.08 Å². The van der Waals surface area contributed by atoms with E-state index in [0.717, 1.165) is 96.3 Å². The molecule has 2 aliphatic rings. The fourth-order valence-electron chi connectivity index (χ4n) is 13.2. The normalized spacial score (nSPS) is 22.2. The van der Waals surface area contributed by atoms with Crippen LogP contribution in [0.5, 0.6) is 0 Å². The van der Waals surface area contributed by atoms with E-state index in [1.54, 1.807) is 6.08 Å². The average molecular weight is 1460 g/mol. The molecule has 12 unspecified atom stereocenters. The van der Waals surface area contributed by atoms with Crippen LogP contribution >= 0.6 is 0 Å². The number of hydrogen-bond acceptors (Lipinski definition) is 13. The summed E-state index contributed by atoms with van der Waals surface area (Å²) in [5.41, 5.74) is 0. The van der Waals surface area contributed by atoms with E-state index < -0.39 is 86.8 Å². The van der Waals surface area contributed by atoms with Crippen LogP contribution in [0.2, 0.25) is 0 Å². The second kappa shape index (κ2) is 72.0. The van der Waals surface area contributed by atoms with Gasteiger partial charge in [-0.1, -0.05) is 353 Å². The number of ether oxygens (including phenoxy) is 4. The Kier molecular flexibility index (Phi) is 66.6. The maximum Gasteiger partial charge on any atom is 0.220 e. The number of aliphatic hydroxyl groups excluding tert-OH is 8. The lowest BCUT2D eigenvalue weighted by molar-refractivity contribution is -0.359. The molecule has 12 atom stereocenters. The zero-order chi connectivity index (χ0) is 75.1. The van der Waals surface area contributed by atoms with Crippen LogP contribution in [0.1, 0.15) is 335 Å². The molecule has 0 aromatic rings. The lowest BCUT2D eigenvalue weighted by atomic mass is 9.97. The number of aliphatic hydroxyl groups is 8. The summed E-state index contributed by atoms with van der Waals surface area (Å²) in [4.78, 5) is 13.4. The summed E-state index contributed by atoms with van der Waals surface area (Å²) in [6.45, 7) is 2.69. The molecule has 14 nitrogen and oxygen atoms in total. The van der Waals surface area contributed by atoms with Crippen LogP contribution in [0.4, 0.5) is 0 Å². The maximum absolute atomic E-state index is 13.4. The van der Waals surface area contributed by atoms with Crippen molar-refractivity contribution in [2.75, 3.05) is 19.8 Å². The fraction of sp³-hybridized carbons (Fsp3) is 0.744. The van der Waals surface area contributed by atoms with Gasteiger partial charge in [-0.3, -0.25) is 4.79 Å². The topological polar surface area (TPSA) is 228 Å². The van der Waals surface area contributed by atoms with Gasteiger partial charge >= 0.3 is 0 Å². The average Bonchev–Trinajstić information content (AvgIpc) is 0.789. The first-order valence-electron chi connectivity index (χ1n) is 42.4. The third-order valence-corrected chi connectivity index (χ3v) is 19.8. The van der Waals surface area contributed by atoms with Crippen LogP contribution < -0.4 is 5.32 Å². The van der Waals surface area contributed by atoms with Gasteiger partial charge in [0, 0.05) is 6.42 Å². The van der Waals surface area contributed by atoms with Gasteiger partial charge in [-0.15, -0.1) is 0 Å². The highest BCUT2D eigenvalue weighted by Gasteiger charge is 2.51. The second-order valence-corrected chi connectivity index (χ2v) is 29.2. The zero-order valence-corrected chi connectivity index (χ0v) is 65.7. The molecule has 2 rings (SSSR count). The Labute approximate surface area is 634 Å². The van der Waals surface area contributed by atoms with Gasteiger partial charge in [0.05, 0.1) is 32.0 Å². The third kappa shape index (κ3) is 53.8. The molecular weight excluding hydrogens is 1300 g/mol. The van der Waals surface area contributed by atoms with Gasteiger partial charge < -0.3 is 65.1 Å². The van der Waals surface area contributed by atoms with Crippen molar-refractivity contribution in [3.05, 3.63) is 134 Å². The van der Waals surface area contributed by atoms with E-state index in [-0.39, 0.29) is 18.9 Å². The molecule has 1 amide bonds. The molecule has 104 heavy (non-hydrogen) atoms. The molecule has 0 aliphatic carbocycles. The summed E-state index contributed by atoms with van der Waals surface area (Å²) in [5.74, 6) is -0.254. The number of carbonyl (C=O) groups excluding carboxylic acids is 1. The molecule has 2 saturated heterocycles. The predicted molar refractivity (Wildman–Crippen MR) is 433 cm³/mol. The van der Waals surface area contributed by atoms with Gasteiger partial charge in [0.2, 0.25) is 5.91 Å². The Balaban J connectivity index is 1.61. The van der Waals surface area contributed by atoms with Gasteiger partial charge in [-0.05, 0) is 109 Å². The monoisotopic (exact) mass is 1460 g/mol. The van der Waals surface area contributed by atoms with Gasteiger partial charge in [0.25, 0.3) is 0 Å². The Morgan fingerprint density at radius 2 is 0.673 bits per heavy atom. The van der Waals surface area contributed by atoms with Crippen LogP contribution in [-0.4, -0.2) is 140 Å². The van der Waals surface area contributed by atoms with E-state index in [1.165, 1.54) is 205 Å². The van der Waals surface area contributed by atoms with Gasteiger partial charge in [-0.25, -0.2) is 0 Å². The minimum atomic E-state index is -1.80. The van der Waals surface area contributed by atoms with Crippen LogP contribution in [-0.2, 0) is 23.7 Å². The number of rotatable bonds is 70. The Morgan fingerprint density at radius 3 is 1.06 bits per heavy atom. The number of allylic oxidation sites excluding steroid dienone is 21. The van der Waals surface area contributed by atoms with E-state index in [9.17, 15) is 45.6 Å². The summed E-state index contributed by atoms with van der Waals surface area (Å²) in [5, 5.41) is 87.7. The standard InChI is InChI=1S/C90H155NO13/c1-3-5-7-9-11-13-15-17-19-21-23-25-27-29-31-33-34-35-36-37-38-39-40-41-42-43-44-46-48-50-52-54-56-58-60-62-64-66-68-70-72-74-82(95)91-78(77-101-89-87(100)85(98)88(81(76-93)103-89)104-90-86(99)84(97)83(96)80(75-92)102-90)79(94)73-71-69-67-65-63-61-59-57-55-53-51-49-47-45-32-30-28-26-24-22-20-18-16-14-12-10-8-6-4-2/h5,7,11,13,17,19,23,25,29,31,34-35,37-38,40-41,55,57,63,65,71,73,78-81,83-90,92-94,96-100H,3-4,6,8-10,12,14-16,18,20-22,24,26-28,30,32-33,36,39,42-54,56,58-62,64,66-70,72,74-77H2,1-2H3,(H,91,95)/b7-5-,13-11-,19-17-,25-23-,31-29-,35-34-,38-37-,41-40-,57-55+,65-63+,73-71+. The summed E-state index contributed by atoms with van der Waals surface area (Å²) < 4.78 is 22.9. The molecule has 598 valence electrons.